The molecule has 5 nitrogen and oxygen atoms in total. The maximum absolute atomic E-state index is 12.0. The molecule has 1 aromatic heterocycles. The van der Waals surface area contributed by atoms with Crippen LogP contribution in [-0.4, -0.2) is 16.9 Å². The number of nitrogens with one attached hydrogen (secondary N) is 1. The summed E-state index contributed by atoms with van der Waals surface area (Å²) in [5, 5.41) is 14.1. The van der Waals surface area contributed by atoms with E-state index in [0.29, 0.717) is 16.3 Å². The standard InChI is InChI=1S/C15H13ClN2O3/c1-9-4-5-11(16)8-12(9)18-13(19)7-10-3-2-6-17-14(10)15(20)21/h2-6,8H,7H2,1H3,(H,18,19)(H,20,21)/p-1. The molecule has 1 heterocycles. The van der Waals surface area contributed by atoms with Crippen LogP contribution in [0.15, 0.2) is 36.5 Å². The first-order valence-electron chi connectivity index (χ1n) is 6.18. The number of rotatable bonds is 4. The van der Waals surface area contributed by atoms with Crippen LogP contribution in [0.3, 0.4) is 0 Å². The van der Waals surface area contributed by atoms with Gasteiger partial charge in [0, 0.05) is 16.9 Å². The van der Waals surface area contributed by atoms with Crippen molar-refractivity contribution in [2.75, 3.05) is 5.32 Å². The highest BCUT2D eigenvalue weighted by atomic mass is 35.5. The van der Waals surface area contributed by atoms with Gasteiger partial charge >= 0.3 is 0 Å². The van der Waals surface area contributed by atoms with Crippen molar-refractivity contribution in [1.29, 1.82) is 0 Å². The summed E-state index contributed by atoms with van der Waals surface area (Å²) in [4.78, 5) is 26.7. The van der Waals surface area contributed by atoms with Crippen molar-refractivity contribution in [1.82, 2.24) is 4.98 Å². The summed E-state index contributed by atoms with van der Waals surface area (Å²) in [7, 11) is 0. The molecule has 0 spiro atoms. The molecule has 0 atom stereocenters. The fraction of sp³-hybridized carbons (Fsp3) is 0.133. The largest absolute Gasteiger partial charge is 0.543 e. The molecule has 1 amide bonds. The number of halogens is 1. The molecule has 2 aromatic rings. The minimum absolute atomic E-state index is 0.108. The molecule has 2 rings (SSSR count). The van der Waals surface area contributed by atoms with Crippen molar-refractivity contribution in [3.8, 4) is 0 Å². The zero-order valence-electron chi connectivity index (χ0n) is 11.2. The maximum atomic E-state index is 12.0. The summed E-state index contributed by atoms with van der Waals surface area (Å²) in [5.74, 6) is -1.76. The SMILES string of the molecule is Cc1ccc(Cl)cc1NC(=O)Cc1cccnc1C(=O)[O-]. The van der Waals surface area contributed by atoms with Crippen molar-refractivity contribution >= 4 is 29.2 Å². The van der Waals surface area contributed by atoms with Gasteiger partial charge < -0.3 is 15.2 Å². The molecule has 21 heavy (non-hydrogen) atoms. The summed E-state index contributed by atoms with van der Waals surface area (Å²) in [6.07, 6.45) is 1.23. The van der Waals surface area contributed by atoms with Gasteiger partial charge in [0.25, 0.3) is 0 Å². The number of aryl methyl sites for hydroxylation is 1. The molecule has 0 aliphatic carbocycles. The summed E-state index contributed by atoms with van der Waals surface area (Å²) in [5.41, 5.74) is 1.52. The number of anilines is 1. The van der Waals surface area contributed by atoms with Crippen LogP contribution in [0.4, 0.5) is 5.69 Å². The number of amides is 1. The minimum atomic E-state index is -1.41. The number of hydrogen-bond donors (Lipinski definition) is 1. The van der Waals surface area contributed by atoms with Crippen LogP contribution in [0.1, 0.15) is 21.6 Å². The van der Waals surface area contributed by atoms with Crippen LogP contribution in [0.25, 0.3) is 0 Å². The second-order valence-corrected chi connectivity index (χ2v) is 4.92. The Morgan fingerprint density at radius 2 is 2.10 bits per heavy atom. The van der Waals surface area contributed by atoms with Crippen LogP contribution in [0.2, 0.25) is 5.02 Å². The topological polar surface area (TPSA) is 82.1 Å². The summed E-state index contributed by atoms with van der Waals surface area (Å²) < 4.78 is 0. The lowest BCUT2D eigenvalue weighted by Gasteiger charge is -2.11. The predicted octanol–water partition coefficient (Wildman–Crippen LogP) is 1.59. The van der Waals surface area contributed by atoms with E-state index in [1.165, 1.54) is 12.3 Å². The molecule has 0 aliphatic rings. The molecule has 6 heteroatoms. The average molecular weight is 304 g/mol. The Labute approximate surface area is 126 Å². The van der Waals surface area contributed by atoms with E-state index >= 15 is 0 Å². The summed E-state index contributed by atoms with van der Waals surface area (Å²) in [6, 6.07) is 8.25. The molecular formula is C15H12ClN2O3-. The molecule has 1 aromatic carbocycles. The molecule has 0 unspecified atom stereocenters. The van der Waals surface area contributed by atoms with Gasteiger partial charge in [0.1, 0.15) is 0 Å². The van der Waals surface area contributed by atoms with Gasteiger partial charge in [-0.05, 0) is 36.2 Å². The van der Waals surface area contributed by atoms with Gasteiger partial charge in [0.2, 0.25) is 5.91 Å². The van der Waals surface area contributed by atoms with Gasteiger partial charge in [-0.15, -0.1) is 0 Å². The number of carbonyl (C=O) groups is 2. The first-order chi connectivity index (χ1) is 9.97. The van der Waals surface area contributed by atoms with Gasteiger partial charge in [-0.3, -0.25) is 9.78 Å². The lowest BCUT2D eigenvalue weighted by atomic mass is 10.1. The van der Waals surface area contributed by atoms with E-state index < -0.39 is 5.97 Å². The predicted molar refractivity (Wildman–Crippen MR) is 77.1 cm³/mol. The molecule has 0 saturated carbocycles. The van der Waals surface area contributed by atoms with E-state index in [0.717, 1.165) is 5.56 Å². The van der Waals surface area contributed by atoms with E-state index in [2.05, 4.69) is 10.3 Å². The maximum Gasteiger partial charge on any atom is 0.228 e. The Morgan fingerprint density at radius 3 is 2.81 bits per heavy atom. The van der Waals surface area contributed by atoms with Crippen LogP contribution < -0.4 is 10.4 Å². The Kier molecular flexibility index (Phi) is 4.55. The quantitative estimate of drug-likeness (QED) is 0.930. The number of carboxylic acids is 1. The number of pyridine rings is 1. The lowest BCUT2D eigenvalue weighted by Crippen LogP contribution is -2.26. The Hall–Kier alpha value is -2.40. The third-order valence-electron chi connectivity index (χ3n) is 2.91. The minimum Gasteiger partial charge on any atom is -0.543 e. The van der Waals surface area contributed by atoms with E-state index in [9.17, 15) is 14.7 Å². The second-order valence-electron chi connectivity index (χ2n) is 4.48. The van der Waals surface area contributed by atoms with Crippen LogP contribution in [0, 0.1) is 6.92 Å². The van der Waals surface area contributed by atoms with Gasteiger partial charge in [0.15, 0.2) is 0 Å². The number of aromatic carboxylic acids is 1. The van der Waals surface area contributed by atoms with E-state index in [1.54, 1.807) is 24.3 Å². The van der Waals surface area contributed by atoms with E-state index in [1.807, 2.05) is 6.92 Å². The molecule has 108 valence electrons. The molecule has 0 bridgehead atoms. The second kappa shape index (κ2) is 6.37. The summed E-state index contributed by atoms with van der Waals surface area (Å²) >= 11 is 5.88. The Balaban J connectivity index is 2.16. The van der Waals surface area contributed by atoms with Crippen LogP contribution in [-0.2, 0) is 11.2 Å². The van der Waals surface area contributed by atoms with Gasteiger partial charge in [-0.1, -0.05) is 23.7 Å². The average Bonchev–Trinajstić information content (AvgIpc) is 2.43. The number of benzene rings is 1. The highest BCUT2D eigenvalue weighted by Crippen LogP contribution is 2.20. The monoisotopic (exact) mass is 303 g/mol. The van der Waals surface area contributed by atoms with Gasteiger partial charge in [-0.2, -0.15) is 0 Å². The number of hydrogen-bond acceptors (Lipinski definition) is 4. The van der Waals surface area contributed by atoms with Gasteiger partial charge in [0.05, 0.1) is 18.1 Å². The smallest absolute Gasteiger partial charge is 0.228 e. The number of carboxylic acid groups (broad SMARTS) is 1. The zero-order chi connectivity index (χ0) is 15.4. The normalized spacial score (nSPS) is 10.2. The molecular weight excluding hydrogens is 292 g/mol. The first-order valence-corrected chi connectivity index (χ1v) is 6.56. The summed E-state index contributed by atoms with van der Waals surface area (Å²) in [6.45, 7) is 1.84. The molecule has 1 N–H and O–H groups in total. The highest BCUT2D eigenvalue weighted by Gasteiger charge is 2.11. The van der Waals surface area contributed by atoms with Crippen LogP contribution >= 0.6 is 11.6 Å². The zero-order valence-corrected chi connectivity index (χ0v) is 12.0. The fourth-order valence-electron chi connectivity index (χ4n) is 1.86. The lowest BCUT2D eigenvalue weighted by molar-refractivity contribution is -0.255. The first kappa shape index (κ1) is 15.0. The van der Waals surface area contributed by atoms with Gasteiger partial charge in [-0.25, -0.2) is 0 Å². The molecule has 0 radical (unpaired) electrons. The van der Waals surface area contributed by atoms with Crippen molar-refractivity contribution in [3.63, 3.8) is 0 Å². The fourth-order valence-corrected chi connectivity index (χ4v) is 2.03. The third-order valence-corrected chi connectivity index (χ3v) is 3.14. The van der Waals surface area contributed by atoms with E-state index in [4.69, 9.17) is 11.6 Å². The molecule has 0 fully saturated rings. The Bertz CT molecular complexity index is 701. The Morgan fingerprint density at radius 1 is 1.33 bits per heavy atom. The number of nitrogens with zero attached hydrogens (tertiary/aromatic N) is 1. The van der Waals surface area contributed by atoms with Crippen molar-refractivity contribution in [2.45, 2.75) is 13.3 Å². The number of aromatic nitrogens is 1. The molecule has 0 aliphatic heterocycles. The van der Waals surface area contributed by atoms with Crippen molar-refractivity contribution < 1.29 is 14.7 Å². The molecule has 0 saturated heterocycles. The van der Waals surface area contributed by atoms with Crippen LogP contribution in [0.5, 0.6) is 0 Å². The van der Waals surface area contributed by atoms with E-state index in [-0.39, 0.29) is 18.0 Å². The van der Waals surface area contributed by atoms with Crippen molar-refractivity contribution in [3.05, 3.63) is 58.4 Å². The highest BCUT2D eigenvalue weighted by molar-refractivity contribution is 6.31. The number of carbonyl (C=O) groups excluding carboxylic acids is 2. The van der Waals surface area contributed by atoms with Crippen molar-refractivity contribution in [2.24, 2.45) is 0 Å². The third kappa shape index (κ3) is 3.79.